The van der Waals surface area contributed by atoms with Crippen molar-refractivity contribution < 1.29 is 9.53 Å². The molecule has 0 aromatic carbocycles. The topological polar surface area (TPSA) is 39.2 Å². The lowest BCUT2D eigenvalue weighted by atomic mass is 10.3. The predicted octanol–water partition coefficient (Wildman–Crippen LogP) is 5.11. The van der Waals surface area contributed by atoms with Crippen LogP contribution in [0.1, 0.15) is 9.67 Å². The van der Waals surface area contributed by atoms with Gasteiger partial charge in [-0.1, -0.05) is 6.07 Å². The number of carbonyl (C=O) groups is 1. The molecule has 0 fully saturated rings. The van der Waals surface area contributed by atoms with Gasteiger partial charge in [-0.3, -0.25) is 0 Å². The summed E-state index contributed by atoms with van der Waals surface area (Å²) in [4.78, 5) is 18.1. The van der Waals surface area contributed by atoms with Crippen LogP contribution in [0.5, 0.6) is 0 Å². The Morgan fingerprint density at radius 1 is 1.38 bits per heavy atom. The summed E-state index contributed by atoms with van der Waals surface area (Å²) in [5, 5.41) is 4.94. The number of nitrogens with zero attached hydrogens (tertiary/aromatic N) is 1. The summed E-state index contributed by atoms with van der Waals surface area (Å²) in [5.74, 6) is -0.300. The predicted molar refractivity (Wildman–Crippen MR) is 91.9 cm³/mol. The molecule has 0 amide bonds. The third-order valence-electron chi connectivity index (χ3n) is 2.77. The Hall–Kier alpha value is -1.15. The van der Waals surface area contributed by atoms with Crippen LogP contribution in [0.2, 0.25) is 0 Å². The Labute approximate surface area is 138 Å². The summed E-state index contributed by atoms with van der Waals surface area (Å²) in [6.45, 7) is 0. The van der Waals surface area contributed by atoms with Crippen LogP contribution in [0, 0.1) is 0 Å². The van der Waals surface area contributed by atoms with E-state index in [0.29, 0.717) is 4.88 Å². The number of aromatic nitrogens is 1. The molecule has 0 bridgehead atoms. The minimum Gasteiger partial charge on any atom is -0.465 e. The largest absolute Gasteiger partial charge is 0.465 e. The van der Waals surface area contributed by atoms with Crippen LogP contribution in [-0.2, 0) is 4.74 Å². The Balaban J connectivity index is 2.00. The fraction of sp³-hybridized carbons (Fsp3) is 0.143. The molecule has 0 spiro atoms. The van der Waals surface area contributed by atoms with Crippen LogP contribution in [0.3, 0.4) is 0 Å². The van der Waals surface area contributed by atoms with Gasteiger partial charge in [0.2, 0.25) is 0 Å². The van der Waals surface area contributed by atoms with Crippen LogP contribution in [0.4, 0.5) is 0 Å². The number of esters is 1. The summed E-state index contributed by atoms with van der Waals surface area (Å²) < 4.78 is 5.94. The van der Waals surface area contributed by atoms with Crippen molar-refractivity contribution in [2.75, 3.05) is 13.4 Å². The first-order valence-electron chi connectivity index (χ1n) is 5.99. The van der Waals surface area contributed by atoms with Gasteiger partial charge < -0.3 is 4.74 Å². The number of hydrogen-bond donors (Lipinski definition) is 0. The maximum Gasteiger partial charge on any atom is 0.348 e. The molecule has 0 aliphatic heterocycles. The lowest BCUT2D eigenvalue weighted by molar-refractivity contribution is 0.0606. The molecule has 108 valence electrons. The molecule has 21 heavy (non-hydrogen) atoms. The standard InChI is InChI=1S/C14H11NO2S4/c1-17-13(16)10-6-8(7-20-10)12-15-11(14(18-2)21-12)9-4-3-5-19-9/h3-7H,1-2H3. The van der Waals surface area contributed by atoms with Crippen molar-refractivity contribution in [3.8, 4) is 21.1 Å². The zero-order valence-corrected chi connectivity index (χ0v) is 14.5. The fourth-order valence-corrected chi connectivity index (χ4v) is 5.24. The fourth-order valence-electron chi connectivity index (χ4n) is 1.79. The van der Waals surface area contributed by atoms with Gasteiger partial charge in [0.1, 0.15) is 15.6 Å². The lowest BCUT2D eigenvalue weighted by Crippen LogP contribution is -1.96. The number of carbonyl (C=O) groups excluding carboxylic acids is 1. The first kappa shape index (κ1) is 14.8. The van der Waals surface area contributed by atoms with Gasteiger partial charge in [0.05, 0.1) is 16.2 Å². The molecule has 0 saturated carbocycles. The van der Waals surface area contributed by atoms with Crippen LogP contribution in [-0.4, -0.2) is 24.3 Å². The van der Waals surface area contributed by atoms with Crippen LogP contribution in [0.25, 0.3) is 21.1 Å². The number of ether oxygens (including phenoxy) is 1. The molecule has 3 nitrogen and oxygen atoms in total. The zero-order chi connectivity index (χ0) is 14.8. The molecule has 3 aromatic heterocycles. The third-order valence-corrected chi connectivity index (χ3v) is 6.77. The van der Waals surface area contributed by atoms with E-state index in [4.69, 9.17) is 9.72 Å². The first-order chi connectivity index (χ1) is 10.2. The van der Waals surface area contributed by atoms with E-state index in [1.807, 2.05) is 17.5 Å². The molecule has 0 radical (unpaired) electrons. The van der Waals surface area contributed by atoms with Gasteiger partial charge in [0.15, 0.2) is 0 Å². The quantitative estimate of drug-likeness (QED) is 0.483. The van der Waals surface area contributed by atoms with Crippen molar-refractivity contribution in [2.45, 2.75) is 4.21 Å². The van der Waals surface area contributed by atoms with Crippen molar-refractivity contribution in [3.05, 3.63) is 33.8 Å². The summed E-state index contributed by atoms with van der Waals surface area (Å²) in [6, 6.07) is 5.96. The van der Waals surface area contributed by atoms with Gasteiger partial charge in [0.25, 0.3) is 0 Å². The van der Waals surface area contributed by atoms with Gasteiger partial charge in [-0.15, -0.1) is 45.8 Å². The summed E-state index contributed by atoms with van der Waals surface area (Å²) in [5.41, 5.74) is 2.01. The third kappa shape index (κ3) is 2.91. The monoisotopic (exact) mass is 353 g/mol. The maximum atomic E-state index is 11.5. The Morgan fingerprint density at radius 3 is 2.90 bits per heavy atom. The molecular weight excluding hydrogens is 342 g/mol. The second kappa shape index (κ2) is 6.31. The first-order valence-corrected chi connectivity index (χ1v) is 9.79. The molecule has 3 rings (SSSR count). The maximum absolute atomic E-state index is 11.5. The van der Waals surface area contributed by atoms with Crippen molar-refractivity contribution in [2.24, 2.45) is 0 Å². The van der Waals surface area contributed by atoms with Gasteiger partial charge in [0, 0.05) is 10.9 Å². The molecule has 0 aliphatic carbocycles. The molecule has 7 heteroatoms. The number of thioether (sulfide) groups is 1. The van der Waals surface area contributed by atoms with E-state index in [2.05, 4.69) is 17.7 Å². The zero-order valence-electron chi connectivity index (χ0n) is 11.3. The van der Waals surface area contributed by atoms with Crippen LogP contribution >= 0.6 is 45.8 Å². The molecular formula is C14H11NO2S4. The smallest absolute Gasteiger partial charge is 0.348 e. The minimum absolute atomic E-state index is 0.300. The number of thiophene rings is 2. The highest BCUT2D eigenvalue weighted by atomic mass is 32.2. The highest BCUT2D eigenvalue weighted by Gasteiger charge is 2.17. The van der Waals surface area contributed by atoms with Crippen molar-refractivity contribution in [1.82, 2.24) is 4.98 Å². The molecule has 0 unspecified atom stereocenters. The van der Waals surface area contributed by atoms with E-state index >= 15 is 0 Å². The highest BCUT2D eigenvalue weighted by molar-refractivity contribution is 8.00. The van der Waals surface area contributed by atoms with E-state index in [1.165, 1.54) is 27.5 Å². The second-order valence-electron chi connectivity index (χ2n) is 4.03. The molecule has 0 atom stereocenters. The lowest BCUT2D eigenvalue weighted by Gasteiger charge is -1.93. The van der Waals surface area contributed by atoms with E-state index in [9.17, 15) is 4.79 Å². The highest BCUT2D eigenvalue weighted by Crippen LogP contribution is 2.41. The van der Waals surface area contributed by atoms with Crippen molar-refractivity contribution in [3.63, 3.8) is 0 Å². The van der Waals surface area contributed by atoms with Crippen LogP contribution < -0.4 is 0 Å². The van der Waals surface area contributed by atoms with E-state index < -0.39 is 0 Å². The Kier molecular flexibility index (Phi) is 4.44. The molecule has 3 heterocycles. The van der Waals surface area contributed by atoms with Gasteiger partial charge in [-0.2, -0.15) is 0 Å². The van der Waals surface area contributed by atoms with Gasteiger partial charge in [-0.25, -0.2) is 9.78 Å². The Bertz CT molecular complexity index is 758. The summed E-state index contributed by atoms with van der Waals surface area (Å²) in [7, 11) is 1.39. The van der Waals surface area contributed by atoms with Crippen LogP contribution in [0.15, 0.2) is 33.2 Å². The van der Waals surface area contributed by atoms with Gasteiger partial charge in [-0.05, 0) is 23.8 Å². The number of rotatable bonds is 4. The summed E-state index contributed by atoms with van der Waals surface area (Å²) >= 11 is 6.43. The van der Waals surface area contributed by atoms with E-state index in [1.54, 1.807) is 34.4 Å². The molecule has 0 saturated heterocycles. The van der Waals surface area contributed by atoms with Crippen molar-refractivity contribution in [1.29, 1.82) is 0 Å². The average molecular weight is 354 g/mol. The molecule has 0 N–H and O–H groups in total. The Morgan fingerprint density at radius 2 is 2.24 bits per heavy atom. The van der Waals surface area contributed by atoms with Gasteiger partial charge >= 0.3 is 5.97 Å². The van der Waals surface area contributed by atoms with Crippen molar-refractivity contribution >= 4 is 51.7 Å². The normalized spacial score (nSPS) is 10.8. The second-order valence-corrected chi connectivity index (χ2v) is 7.96. The number of methoxy groups -OCH3 is 1. The average Bonchev–Trinajstić information content (AvgIpc) is 3.23. The SMILES string of the molecule is COC(=O)c1cc(-c2nc(-c3cccs3)c(SC)s2)cs1. The minimum atomic E-state index is -0.300. The molecule has 3 aromatic rings. The van der Waals surface area contributed by atoms with E-state index in [0.717, 1.165) is 16.3 Å². The summed E-state index contributed by atoms with van der Waals surface area (Å²) in [6.07, 6.45) is 2.06. The number of thiazole rings is 1. The molecule has 0 aliphatic rings. The van der Waals surface area contributed by atoms with E-state index in [-0.39, 0.29) is 5.97 Å². The number of hydrogen-bond acceptors (Lipinski definition) is 7.